The van der Waals surface area contributed by atoms with Crippen molar-refractivity contribution in [2.75, 3.05) is 26.4 Å². The van der Waals surface area contributed by atoms with Gasteiger partial charge in [-0.2, -0.15) is 0 Å². The summed E-state index contributed by atoms with van der Waals surface area (Å²) < 4.78 is 4.63. The van der Waals surface area contributed by atoms with Crippen molar-refractivity contribution in [1.82, 2.24) is 0 Å². The van der Waals surface area contributed by atoms with Gasteiger partial charge in [0.2, 0.25) is 0 Å². The Morgan fingerprint density at radius 1 is 0.692 bits per heavy atom. The molecule has 1 aromatic rings. The molecule has 0 heterocycles. The van der Waals surface area contributed by atoms with Crippen LogP contribution in [0.4, 0.5) is 0 Å². The molecular formula is C10H16O3. The third-order valence-corrected chi connectivity index (χ3v) is 1.14. The van der Waals surface area contributed by atoms with Crippen LogP contribution in [0.3, 0.4) is 0 Å². The van der Waals surface area contributed by atoms with E-state index in [1.165, 1.54) is 0 Å². The number of benzene rings is 1. The third-order valence-electron chi connectivity index (χ3n) is 1.14. The lowest BCUT2D eigenvalue weighted by molar-refractivity contribution is 0.0650. The van der Waals surface area contributed by atoms with Crippen molar-refractivity contribution in [3.63, 3.8) is 0 Å². The molecule has 1 rings (SSSR count). The van der Waals surface area contributed by atoms with E-state index in [9.17, 15) is 0 Å². The molecule has 0 radical (unpaired) electrons. The number of rotatable bonds is 4. The zero-order chi connectivity index (χ0) is 9.78. The van der Waals surface area contributed by atoms with Crippen LogP contribution in [-0.4, -0.2) is 36.6 Å². The topological polar surface area (TPSA) is 49.7 Å². The van der Waals surface area contributed by atoms with Crippen molar-refractivity contribution in [3.05, 3.63) is 36.4 Å². The van der Waals surface area contributed by atoms with Gasteiger partial charge in [0.1, 0.15) is 0 Å². The van der Waals surface area contributed by atoms with E-state index in [1.54, 1.807) is 0 Å². The SMILES string of the molecule is OCCOCCO.c1ccccc1. The molecule has 0 atom stereocenters. The van der Waals surface area contributed by atoms with Gasteiger partial charge in [-0.15, -0.1) is 0 Å². The highest BCUT2D eigenvalue weighted by Gasteiger charge is 1.79. The summed E-state index contributed by atoms with van der Waals surface area (Å²) in [6.45, 7) is 0.696. The Morgan fingerprint density at radius 3 is 1.23 bits per heavy atom. The predicted octanol–water partition coefficient (Wildman–Crippen LogP) is 0.674. The summed E-state index contributed by atoms with van der Waals surface area (Å²) >= 11 is 0. The van der Waals surface area contributed by atoms with Crippen molar-refractivity contribution in [1.29, 1.82) is 0 Å². The van der Waals surface area contributed by atoms with Crippen LogP contribution in [0.2, 0.25) is 0 Å². The zero-order valence-corrected chi connectivity index (χ0v) is 7.60. The van der Waals surface area contributed by atoms with Gasteiger partial charge in [0.15, 0.2) is 0 Å². The second-order valence-electron chi connectivity index (χ2n) is 2.21. The average molecular weight is 184 g/mol. The largest absolute Gasteiger partial charge is 0.394 e. The Labute approximate surface area is 78.6 Å². The van der Waals surface area contributed by atoms with Crippen LogP contribution in [0.15, 0.2) is 36.4 Å². The number of hydrogen-bond acceptors (Lipinski definition) is 3. The van der Waals surface area contributed by atoms with E-state index in [0.29, 0.717) is 13.2 Å². The van der Waals surface area contributed by atoms with Gasteiger partial charge in [-0.25, -0.2) is 0 Å². The maximum absolute atomic E-state index is 8.09. The van der Waals surface area contributed by atoms with E-state index in [-0.39, 0.29) is 13.2 Å². The highest BCUT2D eigenvalue weighted by atomic mass is 16.5. The fourth-order valence-corrected chi connectivity index (χ4v) is 0.616. The summed E-state index contributed by atoms with van der Waals surface area (Å²) in [5.41, 5.74) is 0. The first-order valence-corrected chi connectivity index (χ1v) is 4.21. The number of hydrogen-bond donors (Lipinski definition) is 2. The lowest BCUT2D eigenvalue weighted by Crippen LogP contribution is -2.03. The van der Waals surface area contributed by atoms with Crippen molar-refractivity contribution in [3.8, 4) is 0 Å². The molecule has 3 nitrogen and oxygen atoms in total. The van der Waals surface area contributed by atoms with E-state index in [0.717, 1.165) is 0 Å². The van der Waals surface area contributed by atoms with Crippen LogP contribution in [0.5, 0.6) is 0 Å². The molecule has 74 valence electrons. The minimum absolute atomic E-state index is 0.0278. The summed E-state index contributed by atoms with van der Waals surface area (Å²) in [7, 11) is 0. The summed E-state index contributed by atoms with van der Waals surface area (Å²) in [5.74, 6) is 0. The summed E-state index contributed by atoms with van der Waals surface area (Å²) in [6.07, 6.45) is 0. The molecule has 0 saturated heterocycles. The molecule has 0 unspecified atom stereocenters. The van der Waals surface area contributed by atoms with Gasteiger partial charge in [0, 0.05) is 0 Å². The molecule has 0 aliphatic rings. The van der Waals surface area contributed by atoms with Crippen LogP contribution in [-0.2, 0) is 4.74 Å². The smallest absolute Gasteiger partial charge is 0.0698 e. The van der Waals surface area contributed by atoms with Crippen molar-refractivity contribution in [2.45, 2.75) is 0 Å². The molecule has 0 aliphatic carbocycles. The Balaban J connectivity index is 0.000000223. The molecule has 0 aromatic heterocycles. The van der Waals surface area contributed by atoms with Gasteiger partial charge < -0.3 is 14.9 Å². The monoisotopic (exact) mass is 184 g/mol. The second-order valence-corrected chi connectivity index (χ2v) is 2.21. The molecule has 13 heavy (non-hydrogen) atoms. The quantitative estimate of drug-likeness (QED) is 0.676. The molecule has 0 amide bonds. The molecule has 1 aromatic carbocycles. The Bertz CT molecular complexity index is 134. The van der Waals surface area contributed by atoms with Crippen LogP contribution in [0.25, 0.3) is 0 Å². The first-order valence-electron chi connectivity index (χ1n) is 4.21. The summed E-state index contributed by atoms with van der Waals surface area (Å²) in [4.78, 5) is 0. The maximum atomic E-state index is 8.09. The molecule has 0 spiro atoms. The summed E-state index contributed by atoms with van der Waals surface area (Å²) in [5, 5.41) is 16.2. The molecule has 3 heteroatoms. The van der Waals surface area contributed by atoms with Gasteiger partial charge >= 0.3 is 0 Å². The average Bonchev–Trinajstić information content (AvgIpc) is 2.22. The third kappa shape index (κ3) is 11.1. The zero-order valence-electron chi connectivity index (χ0n) is 7.60. The lowest BCUT2D eigenvalue weighted by Gasteiger charge is -1.94. The highest BCUT2D eigenvalue weighted by Crippen LogP contribution is 1.79. The number of aliphatic hydroxyl groups is 2. The van der Waals surface area contributed by atoms with E-state index >= 15 is 0 Å². The molecule has 0 aliphatic heterocycles. The van der Waals surface area contributed by atoms with Gasteiger partial charge in [-0.05, 0) is 0 Å². The van der Waals surface area contributed by atoms with Gasteiger partial charge in [0.25, 0.3) is 0 Å². The second kappa shape index (κ2) is 11.1. The van der Waals surface area contributed by atoms with Crippen molar-refractivity contribution < 1.29 is 14.9 Å². The first-order chi connectivity index (χ1) is 6.41. The van der Waals surface area contributed by atoms with Crippen molar-refractivity contribution >= 4 is 0 Å². The Morgan fingerprint density at radius 2 is 1.00 bits per heavy atom. The molecule has 2 N–H and O–H groups in total. The molecule has 0 saturated carbocycles. The lowest BCUT2D eigenvalue weighted by atomic mass is 10.4. The molecule has 0 bridgehead atoms. The van der Waals surface area contributed by atoms with Gasteiger partial charge in [0.05, 0.1) is 26.4 Å². The van der Waals surface area contributed by atoms with Crippen LogP contribution < -0.4 is 0 Å². The number of ether oxygens (including phenoxy) is 1. The van der Waals surface area contributed by atoms with Crippen LogP contribution in [0, 0.1) is 0 Å². The number of aliphatic hydroxyl groups excluding tert-OH is 2. The molecular weight excluding hydrogens is 168 g/mol. The minimum atomic E-state index is 0.0278. The van der Waals surface area contributed by atoms with E-state index in [2.05, 4.69) is 4.74 Å². The standard InChI is InChI=1S/C6H6.C4H10O3/c1-2-4-6-5-3-1;5-1-3-7-4-2-6/h1-6H;5-6H,1-4H2. The van der Waals surface area contributed by atoms with E-state index in [1.807, 2.05) is 36.4 Å². The minimum Gasteiger partial charge on any atom is -0.394 e. The van der Waals surface area contributed by atoms with Crippen LogP contribution >= 0.6 is 0 Å². The maximum Gasteiger partial charge on any atom is 0.0698 e. The normalized spacial score (nSPS) is 8.77. The Kier molecular flexibility index (Phi) is 10.3. The van der Waals surface area contributed by atoms with E-state index < -0.39 is 0 Å². The van der Waals surface area contributed by atoms with E-state index in [4.69, 9.17) is 10.2 Å². The van der Waals surface area contributed by atoms with Gasteiger partial charge in [-0.3, -0.25) is 0 Å². The summed E-state index contributed by atoms with van der Waals surface area (Å²) in [6, 6.07) is 12.0. The van der Waals surface area contributed by atoms with Gasteiger partial charge in [-0.1, -0.05) is 36.4 Å². The predicted molar refractivity (Wildman–Crippen MR) is 51.4 cm³/mol. The van der Waals surface area contributed by atoms with Crippen LogP contribution in [0.1, 0.15) is 0 Å². The van der Waals surface area contributed by atoms with Crippen molar-refractivity contribution in [2.24, 2.45) is 0 Å². The highest BCUT2D eigenvalue weighted by molar-refractivity contribution is 4.99. The fourth-order valence-electron chi connectivity index (χ4n) is 0.616. The fraction of sp³-hybridized carbons (Fsp3) is 0.400. The molecule has 0 fully saturated rings. The Hall–Kier alpha value is -0.900. The first kappa shape index (κ1) is 12.1.